The van der Waals surface area contributed by atoms with Gasteiger partial charge < -0.3 is 10.2 Å². The van der Waals surface area contributed by atoms with Crippen molar-refractivity contribution in [2.24, 2.45) is 5.41 Å². The number of nitrogens with one attached hydrogen (secondary N) is 1. The third-order valence-electron chi connectivity index (χ3n) is 4.12. The molecule has 0 aromatic rings. The van der Waals surface area contributed by atoms with E-state index < -0.39 is 0 Å². The van der Waals surface area contributed by atoms with E-state index in [0.29, 0.717) is 0 Å². The molecular formula is C14H30N2. The molecular weight excluding hydrogens is 196 g/mol. The van der Waals surface area contributed by atoms with Gasteiger partial charge in [-0.3, -0.25) is 0 Å². The molecule has 2 rings (SSSR count). The van der Waals surface area contributed by atoms with Crippen molar-refractivity contribution >= 4 is 0 Å². The van der Waals surface area contributed by atoms with Gasteiger partial charge in [0.2, 0.25) is 0 Å². The number of piperidine rings is 2. The Kier molecular flexibility index (Phi) is 6.37. The van der Waals surface area contributed by atoms with Gasteiger partial charge in [0.1, 0.15) is 0 Å². The molecule has 2 nitrogen and oxygen atoms in total. The summed E-state index contributed by atoms with van der Waals surface area (Å²) in [7, 11) is 0. The molecule has 2 aliphatic rings. The summed E-state index contributed by atoms with van der Waals surface area (Å²) in [4.78, 5) is 2.65. The summed E-state index contributed by atoms with van der Waals surface area (Å²) in [6.45, 7) is 12.8. The van der Waals surface area contributed by atoms with Gasteiger partial charge >= 0.3 is 0 Å². The molecule has 0 amide bonds. The first-order valence-electron chi connectivity index (χ1n) is 7.28. The van der Waals surface area contributed by atoms with Crippen LogP contribution in [0, 0.1) is 5.41 Å². The molecule has 0 atom stereocenters. The van der Waals surface area contributed by atoms with E-state index in [2.05, 4.69) is 17.1 Å². The molecule has 1 spiro atoms. The van der Waals surface area contributed by atoms with Gasteiger partial charge in [-0.2, -0.15) is 0 Å². The van der Waals surface area contributed by atoms with Crippen molar-refractivity contribution in [1.29, 1.82) is 0 Å². The quantitative estimate of drug-likeness (QED) is 0.779. The second kappa shape index (κ2) is 7.29. The third kappa shape index (κ3) is 3.74. The summed E-state index contributed by atoms with van der Waals surface area (Å²) >= 11 is 0. The van der Waals surface area contributed by atoms with E-state index in [4.69, 9.17) is 0 Å². The van der Waals surface area contributed by atoms with Gasteiger partial charge in [0, 0.05) is 0 Å². The van der Waals surface area contributed by atoms with Gasteiger partial charge in [0.15, 0.2) is 0 Å². The minimum Gasteiger partial charge on any atom is -0.317 e. The molecule has 0 aromatic heterocycles. The average Bonchev–Trinajstić information content (AvgIpc) is 2.36. The highest BCUT2D eigenvalue weighted by molar-refractivity contribution is 4.89. The average molecular weight is 226 g/mol. The molecule has 0 saturated carbocycles. The fraction of sp³-hybridized carbons (Fsp3) is 1.00. The Morgan fingerprint density at radius 3 is 2.06 bits per heavy atom. The minimum atomic E-state index is 0.732. The van der Waals surface area contributed by atoms with E-state index in [0.717, 1.165) is 5.41 Å². The lowest BCUT2D eigenvalue weighted by Gasteiger charge is -2.44. The van der Waals surface area contributed by atoms with Crippen LogP contribution >= 0.6 is 0 Å². The molecule has 0 aromatic carbocycles. The van der Waals surface area contributed by atoms with Crippen LogP contribution in [0.2, 0.25) is 0 Å². The zero-order valence-corrected chi connectivity index (χ0v) is 11.5. The van der Waals surface area contributed by atoms with E-state index in [1.807, 2.05) is 13.8 Å². The molecule has 0 aliphatic carbocycles. The second-order valence-corrected chi connectivity index (χ2v) is 5.09. The maximum absolute atomic E-state index is 3.48. The van der Waals surface area contributed by atoms with E-state index in [1.165, 1.54) is 64.8 Å². The lowest BCUT2D eigenvalue weighted by Crippen LogP contribution is -2.45. The molecule has 2 aliphatic heterocycles. The minimum absolute atomic E-state index is 0.732. The van der Waals surface area contributed by atoms with Crippen LogP contribution in [-0.4, -0.2) is 37.6 Å². The Morgan fingerprint density at radius 2 is 1.56 bits per heavy atom. The van der Waals surface area contributed by atoms with Gasteiger partial charge in [-0.25, -0.2) is 0 Å². The lowest BCUT2D eigenvalue weighted by molar-refractivity contribution is 0.0741. The second-order valence-electron chi connectivity index (χ2n) is 5.09. The molecule has 2 heterocycles. The number of hydrogen-bond donors (Lipinski definition) is 1. The van der Waals surface area contributed by atoms with Crippen molar-refractivity contribution in [2.75, 3.05) is 32.7 Å². The van der Waals surface area contributed by atoms with Crippen molar-refractivity contribution in [3.8, 4) is 0 Å². The molecule has 1 N–H and O–H groups in total. The van der Waals surface area contributed by atoms with Crippen molar-refractivity contribution in [3.05, 3.63) is 0 Å². The largest absolute Gasteiger partial charge is 0.317 e. The molecule has 0 unspecified atom stereocenters. The predicted molar refractivity (Wildman–Crippen MR) is 71.8 cm³/mol. The number of rotatable bonds is 2. The topological polar surface area (TPSA) is 15.3 Å². The molecule has 2 saturated heterocycles. The van der Waals surface area contributed by atoms with E-state index in [-0.39, 0.29) is 0 Å². The Balaban J connectivity index is 0.000000606. The fourth-order valence-electron chi connectivity index (χ4n) is 3.02. The van der Waals surface area contributed by atoms with Gasteiger partial charge in [0.05, 0.1) is 0 Å². The monoisotopic (exact) mass is 226 g/mol. The van der Waals surface area contributed by atoms with Gasteiger partial charge in [0.25, 0.3) is 0 Å². The van der Waals surface area contributed by atoms with Crippen molar-refractivity contribution in [3.63, 3.8) is 0 Å². The van der Waals surface area contributed by atoms with Crippen molar-refractivity contribution < 1.29 is 0 Å². The fourth-order valence-corrected chi connectivity index (χ4v) is 3.02. The van der Waals surface area contributed by atoms with Crippen molar-refractivity contribution in [2.45, 2.75) is 52.9 Å². The maximum atomic E-state index is 3.48. The number of hydrogen-bond acceptors (Lipinski definition) is 2. The third-order valence-corrected chi connectivity index (χ3v) is 4.12. The van der Waals surface area contributed by atoms with E-state index in [9.17, 15) is 0 Å². The number of likely N-dealkylation sites (tertiary alicyclic amines) is 1. The Hall–Kier alpha value is -0.0800. The summed E-state index contributed by atoms with van der Waals surface area (Å²) in [5, 5.41) is 3.48. The summed E-state index contributed by atoms with van der Waals surface area (Å²) in [5.74, 6) is 0. The Morgan fingerprint density at radius 1 is 1.00 bits per heavy atom. The molecule has 96 valence electrons. The molecule has 0 radical (unpaired) electrons. The van der Waals surface area contributed by atoms with Crippen LogP contribution in [-0.2, 0) is 0 Å². The first kappa shape index (κ1) is 14.0. The highest BCUT2D eigenvalue weighted by Gasteiger charge is 2.34. The predicted octanol–water partition coefficient (Wildman–Crippen LogP) is 2.89. The van der Waals surface area contributed by atoms with Crippen LogP contribution in [0.1, 0.15) is 52.9 Å². The number of nitrogens with zero attached hydrogens (tertiary/aromatic N) is 1. The van der Waals surface area contributed by atoms with Gasteiger partial charge in [-0.1, -0.05) is 20.8 Å². The SMILES string of the molecule is CC.CCCN1CCC2(CCNCC2)CC1. The summed E-state index contributed by atoms with van der Waals surface area (Å²) in [6, 6.07) is 0. The van der Waals surface area contributed by atoms with Crippen LogP contribution in [0.4, 0.5) is 0 Å². The summed E-state index contributed by atoms with van der Waals surface area (Å²) < 4.78 is 0. The van der Waals surface area contributed by atoms with Crippen LogP contribution in [0.3, 0.4) is 0 Å². The first-order valence-corrected chi connectivity index (χ1v) is 7.28. The first-order chi connectivity index (χ1) is 7.85. The maximum Gasteiger partial charge on any atom is -0.00134 e. The zero-order valence-electron chi connectivity index (χ0n) is 11.5. The molecule has 2 heteroatoms. The van der Waals surface area contributed by atoms with Gasteiger partial charge in [-0.15, -0.1) is 0 Å². The molecule has 2 fully saturated rings. The van der Waals surface area contributed by atoms with Crippen LogP contribution in [0.15, 0.2) is 0 Å². The van der Waals surface area contributed by atoms with E-state index in [1.54, 1.807) is 0 Å². The molecule has 0 bridgehead atoms. The Labute approximate surface area is 102 Å². The smallest absolute Gasteiger partial charge is 0.00134 e. The van der Waals surface area contributed by atoms with Crippen molar-refractivity contribution in [1.82, 2.24) is 10.2 Å². The van der Waals surface area contributed by atoms with E-state index >= 15 is 0 Å². The van der Waals surface area contributed by atoms with Crippen LogP contribution in [0.5, 0.6) is 0 Å². The highest BCUT2D eigenvalue weighted by atomic mass is 15.1. The van der Waals surface area contributed by atoms with Crippen LogP contribution in [0.25, 0.3) is 0 Å². The Bertz CT molecular complexity index is 164. The normalized spacial score (nSPS) is 24.9. The zero-order chi connectivity index (χ0) is 11.9. The molecule has 16 heavy (non-hydrogen) atoms. The standard InChI is InChI=1S/C12H24N2.C2H6/c1-2-9-14-10-5-12(6-11-14)3-7-13-8-4-12;1-2/h13H,2-11H2,1H3;1-2H3. The summed E-state index contributed by atoms with van der Waals surface area (Å²) in [6.07, 6.45) is 7.07. The van der Waals surface area contributed by atoms with Gasteiger partial charge in [-0.05, 0) is 70.2 Å². The summed E-state index contributed by atoms with van der Waals surface area (Å²) in [5.41, 5.74) is 0.732. The lowest BCUT2D eigenvalue weighted by atomic mass is 9.71. The van der Waals surface area contributed by atoms with Crippen LogP contribution < -0.4 is 5.32 Å². The highest BCUT2D eigenvalue weighted by Crippen LogP contribution is 2.39.